The van der Waals surface area contributed by atoms with Crippen LogP contribution in [-0.2, 0) is 26.6 Å². The average Bonchev–Trinajstić information content (AvgIpc) is 2.55. The molecule has 0 unspecified atom stereocenters. The van der Waals surface area contributed by atoms with Crippen LogP contribution in [-0.4, -0.2) is 45.5 Å². The summed E-state index contributed by atoms with van der Waals surface area (Å²) < 4.78 is 51.7. The van der Waals surface area contributed by atoms with Gasteiger partial charge in [0, 0.05) is 32.0 Å². The highest BCUT2D eigenvalue weighted by Gasteiger charge is 2.19. The van der Waals surface area contributed by atoms with E-state index in [2.05, 4.69) is 9.71 Å². The van der Waals surface area contributed by atoms with Gasteiger partial charge in [0.2, 0.25) is 20.0 Å². The van der Waals surface area contributed by atoms with Crippen LogP contribution in [0.5, 0.6) is 0 Å². The van der Waals surface area contributed by atoms with Crippen LogP contribution in [0.2, 0.25) is 0 Å². The molecule has 24 heavy (non-hydrogen) atoms. The lowest BCUT2D eigenvalue weighted by molar-refractivity contribution is 0.412. The lowest BCUT2D eigenvalue weighted by Gasteiger charge is -2.20. The van der Waals surface area contributed by atoms with Gasteiger partial charge in [-0.3, -0.25) is 4.98 Å². The number of nitrogens with one attached hydrogen (secondary N) is 1. The number of rotatable bonds is 8. The molecule has 2 aromatic rings. The minimum Gasteiger partial charge on any atom is -0.265 e. The topological polar surface area (TPSA) is 96.4 Å². The van der Waals surface area contributed by atoms with Crippen molar-refractivity contribution >= 4 is 20.0 Å². The first-order chi connectivity index (χ1) is 11.3. The number of nitrogens with zero attached hydrogens (tertiary/aromatic N) is 2. The summed E-state index contributed by atoms with van der Waals surface area (Å²) in [6.07, 6.45) is 4.25. The summed E-state index contributed by atoms with van der Waals surface area (Å²) in [5.41, 5.74) is 0.779. The molecule has 0 aliphatic heterocycles. The zero-order chi connectivity index (χ0) is 17.6. The van der Waals surface area contributed by atoms with Crippen molar-refractivity contribution in [1.82, 2.24) is 14.0 Å². The van der Waals surface area contributed by atoms with E-state index < -0.39 is 20.0 Å². The monoisotopic (exact) mass is 369 g/mol. The van der Waals surface area contributed by atoms with E-state index in [0.717, 1.165) is 11.8 Å². The summed E-state index contributed by atoms with van der Waals surface area (Å²) in [4.78, 5) is 4.03. The third kappa shape index (κ3) is 5.38. The number of sulfonamides is 2. The van der Waals surface area contributed by atoms with Crippen molar-refractivity contribution in [2.45, 2.75) is 11.4 Å². The SMILES string of the molecule is CS(=O)(=O)N(CCNS(=O)(=O)c1ccccc1)Cc1ccncc1. The maximum absolute atomic E-state index is 12.1. The molecule has 0 aliphatic carbocycles. The Morgan fingerprint density at radius 2 is 1.62 bits per heavy atom. The standard InChI is InChI=1S/C15H19N3O4S2/c1-23(19,20)18(13-14-7-9-16-10-8-14)12-11-17-24(21,22)15-5-3-2-4-6-15/h2-10,17H,11-13H2,1H3. The van der Waals surface area contributed by atoms with Gasteiger partial charge in [0.1, 0.15) is 0 Å². The van der Waals surface area contributed by atoms with Gasteiger partial charge in [0.05, 0.1) is 11.2 Å². The largest absolute Gasteiger partial charge is 0.265 e. The zero-order valence-corrected chi connectivity index (χ0v) is 14.8. The van der Waals surface area contributed by atoms with Gasteiger partial charge in [-0.25, -0.2) is 21.6 Å². The molecule has 0 bridgehead atoms. The molecule has 0 atom stereocenters. The van der Waals surface area contributed by atoms with Crippen molar-refractivity contribution in [3.05, 3.63) is 60.4 Å². The second-order valence-corrected chi connectivity index (χ2v) is 8.91. The normalized spacial score (nSPS) is 12.4. The van der Waals surface area contributed by atoms with Crippen molar-refractivity contribution in [2.24, 2.45) is 0 Å². The molecule has 0 fully saturated rings. The highest BCUT2D eigenvalue weighted by molar-refractivity contribution is 7.89. The third-order valence-electron chi connectivity index (χ3n) is 3.28. The predicted octanol–water partition coefficient (Wildman–Crippen LogP) is 0.822. The Bertz CT molecular complexity index is 854. The summed E-state index contributed by atoms with van der Waals surface area (Å²) in [6.45, 7) is 0.178. The lowest BCUT2D eigenvalue weighted by Crippen LogP contribution is -2.37. The van der Waals surface area contributed by atoms with Crippen molar-refractivity contribution in [2.75, 3.05) is 19.3 Å². The van der Waals surface area contributed by atoms with Gasteiger partial charge in [-0.15, -0.1) is 0 Å². The molecule has 0 aliphatic rings. The molecular weight excluding hydrogens is 350 g/mol. The summed E-state index contributed by atoms with van der Waals surface area (Å²) >= 11 is 0. The smallest absolute Gasteiger partial charge is 0.240 e. The van der Waals surface area contributed by atoms with E-state index in [1.165, 1.54) is 16.4 Å². The van der Waals surface area contributed by atoms with E-state index in [0.29, 0.717) is 0 Å². The second-order valence-electron chi connectivity index (χ2n) is 5.16. The fourth-order valence-corrected chi connectivity index (χ4v) is 3.89. The summed E-state index contributed by atoms with van der Waals surface area (Å²) in [6, 6.07) is 11.4. The Morgan fingerprint density at radius 1 is 1.00 bits per heavy atom. The van der Waals surface area contributed by atoms with Crippen LogP contribution in [0.3, 0.4) is 0 Å². The molecule has 0 spiro atoms. The summed E-state index contributed by atoms with van der Waals surface area (Å²) in [5, 5.41) is 0. The molecule has 2 rings (SSSR count). The molecule has 7 nitrogen and oxygen atoms in total. The maximum atomic E-state index is 12.1. The van der Waals surface area contributed by atoms with E-state index in [-0.39, 0.29) is 24.5 Å². The highest BCUT2D eigenvalue weighted by Crippen LogP contribution is 2.09. The van der Waals surface area contributed by atoms with Crippen molar-refractivity contribution in [1.29, 1.82) is 0 Å². The average molecular weight is 369 g/mol. The van der Waals surface area contributed by atoms with Crippen LogP contribution >= 0.6 is 0 Å². The Labute approximate surface area is 142 Å². The molecule has 0 saturated heterocycles. The van der Waals surface area contributed by atoms with Gasteiger partial charge in [-0.05, 0) is 29.8 Å². The molecular formula is C15H19N3O4S2. The van der Waals surface area contributed by atoms with E-state index in [9.17, 15) is 16.8 Å². The zero-order valence-electron chi connectivity index (χ0n) is 13.2. The van der Waals surface area contributed by atoms with Crippen LogP contribution < -0.4 is 4.72 Å². The molecule has 1 N–H and O–H groups in total. The van der Waals surface area contributed by atoms with Gasteiger partial charge >= 0.3 is 0 Å². The quantitative estimate of drug-likeness (QED) is 0.743. The predicted molar refractivity (Wildman–Crippen MR) is 91.1 cm³/mol. The first-order valence-corrected chi connectivity index (χ1v) is 10.5. The molecule has 0 saturated carbocycles. The number of hydrogen-bond donors (Lipinski definition) is 1. The Kier molecular flexibility index (Phi) is 6.05. The molecule has 1 aromatic carbocycles. The molecule has 1 heterocycles. The van der Waals surface area contributed by atoms with Gasteiger partial charge in [-0.1, -0.05) is 18.2 Å². The van der Waals surface area contributed by atoms with Crippen LogP contribution in [0.4, 0.5) is 0 Å². The van der Waals surface area contributed by atoms with Gasteiger partial charge in [-0.2, -0.15) is 4.31 Å². The molecule has 0 amide bonds. The summed E-state index contributed by atoms with van der Waals surface area (Å²) in [7, 11) is -7.12. The van der Waals surface area contributed by atoms with Crippen LogP contribution in [0, 0.1) is 0 Å². The molecule has 9 heteroatoms. The van der Waals surface area contributed by atoms with Gasteiger partial charge in [0.25, 0.3) is 0 Å². The van der Waals surface area contributed by atoms with E-state index >= 15 is 0 Å². The second kappa shape index (κ2) is 7.84. The molecule has 1 aromatic heterocycles. The summed E-state index contributed by atoms with van der Waals surface area (Å²) in [5.74, 6) is 0. The third-order valence-corrected chi connectivity index (χ3v) is 6.01. The van der Waals surface area contributed by atoms with Gasteiger partial charge < -0.3 is 0 Å². The lowest BCUT2D eigenvalue weighted by atomic mass is 10.3. The van der Waals surface area contributed by atoms with E-state index in [4.69, 9.17) is 0 Å². The minimum atomic E-state index is -3.66. The van der Waals surface area contributed by atoms with Gasteiger partial charge in [0.15, 0.2) is 0 Å². The van der Waals surface area contributed by atoms with E-state index in [1.54, 1.807) is 42.7 Å². The number of hydrogen-bond acceptors (Lipinski definition) is 5. The maximum Gasteiger partial charge on any atom is 0.240 e. The first kappa shape index (κ1) is 18.5. The minimum absolute atomic E-state index is 0.0185. The Balaban J connectivity index is 2.01. The number of pyridine rings is 1. The fourth-order valence-electron chi connectivity index (χ4n) is 2.04. The van der Waals surface area contributed by atoms with E-state index in [1.807, 2.05) is 0 Å². The first-order valence-electron chi connectivity index (χ1n) is 7.18. The van der Waals surface area contributed by atoms with Crippen molar-refractivity contribution in [3.63, 3.8) is 0 Å². The molecule has 0 radical (unpaired) electrons. The molecule has 130 valence electrons. The highest BCUT2D eigenvalue weighted by atomic mass is 32.2. The van der Waals surface area contributed by atoms with Crippen LogP contribution in [0.15, 0.2) is 59.8 Å². The van der Waals surface area contributed by atoms with Crippen molar-refractivity contribution < 1.29 is 16.8 Å². The number of aromatic nitrogens is 1. The fraction of sp³-hybridized carbons (Fsp3) is 0.267. The van der Waals surface area contributed by atoms with Crippen LogP contribution in [0.25, 0.3) is 0 Å². The number of benzene rings is 1. The van der Waals surface area contributed by atoms with Crippen molar-refractivity contribution in [3.8, 4) is 0 Å². The van der Waals surface area contributed by atoms with Crippen LogP contribution in [0.1, 0.15) is 5.56 Å². The Hall–Kier alpha value is -1.81. The Morgan fingerprint density at radius 3 is 2.21 bits per heavy atom.